The lowest BCUT2D eigenvalue weighted by Crippen LogP contribution is -2.05. The Kier molecular flexibility index (Phi) is 11.3. The zero-order valence-corrected chi connectivity index (χ0v) is 14.2. The predicted molar refractivity (Wildman–Crippen MR) is 93.1 cm³/mol. The van der Waals surface area contributed by atoms with Crippen molar-refractivity contribution >= 4 is 23.9 Å². The third kappa shape index (κ3) is 7.12. The highest BCUT2D eigenvalue weighted by Gasteiger charge is 2.14. The second-order valence-corrected chi connectivity index (χ2v) is 4.98. The molecule has 0 aromatic heterocycles. The standard InChI is InChI=1S/C18H22O2.ClH.N2/c1-2-3-4-7-14-20-18(19)13-12-16-11-10-15-8-5-6-9-17(15)16;;1-2/h3-6,8-9,11H,2,7,10,12-14H2,1H3;1H;/b4-3-;;. The third-order valence-electron chi connectivity index (χ3n) is 3.48. The van der Waals surface area contributed by atoms with E-state index in [4.69, 9.17) is 15.5 Å². The number of carbonyl (C=O) groups excluding carboxylic acids is 1. The van der Waals surface area contributed by atoms with E-state index < -0.39 is 0 Å². The molecular weight excluding hydrogens is 312 g/mol. The van der Waals surface area contributed by atoms with Crippen LogP contribution in [0.15, 0.2) is 42.5 Å². The highest BCUT2D eigenvalue weighted by atomic mass is 35.5. The van der Waals surface area contributed by atoms with Gasteiger partial charge in [0.05, 0.1) is 6.61 Å². The Bertz CT molecular complexity index is 565. The minimum atomic E-state index is -0.0971. The van der Waals surface area contributed by atoms with Crippen molar-refractivity contribution in [3.63, 3.8) is 0 Å². The first-order chi connectivity index (χ1) is 10.8. The first-order valence-electron chi connectivity index (χ1n) is 7.59. The molecule has 1 aromatic carbocycles. The van der Waals surface area contributed by atoms with E-state index in [1.165, 1.54) is 16.7 Å². The number of carbonyl (C=O) groups is 1. The normalized spacial score (nSPS) is 11.7. The molecule has 5 heteroatoms. The maximum atomic E-state index is 11.7. The summed E-state index contributed by atoms with van der Waals surface area (Å²) in [5.41, 5.74) is 3.94. The molecule has 0 amide bonds. The first kappa shape index (κ1) is 20.9. The lowest BCUT2D eigenvalue weighted by Gasteiger charge is -2.06. The Labute approximate surface area is 144 Å². The molecule has 0 radical (unpaired) electrons. The molecule has 0 heterocycles. The Balaban J connectivity index is 0.00000155. The number of nitrogens with zero attached hydrogens (tertiary/aromatic N) is 2. The van der Waals surface area contributed by atoms with Gasteiger partial charge in [0.15, 0.2) is 0 Å². The van der Waals surface area contributed by atoms with Crippen LogP contribution in [0.25, 0.3) is 5.57 Å². The average Bonchev–Trinajstić information content (AvgIpc) is 2.98. The highest BCUT2D eigenvalue weighted by molar-refractivity contribution is 5.85. The largest absolute Gasteiger partial charge is 0.465 e. The number of allylic oxidation sites excluding steroid dienone is 3. The van der Waals surface area contributed by atoms with Gasteiger partial charge < -0.3 is 4.74 Å². The van der Waals surface area contributed by atoms with Crippen LogP contribution in [0, 0.1) is 10.8 Å². The summed E-state index contributed by atoms with van der Waals surface area (Å²) in [6.07, 6.45) is 10.5. The number of esters is 1. The van der Waals surface area contributed by atoms with Gasteiger partial charge in [-0.2, -0.15) is 0 Å². The van der Waals surface area contributed by atoms with Crippen LogP contribution in [0.4, 0.5) is 0 Å². The van der Waals surface area contributed by atoms with Crippen LogP contribution in [0.2, 0.25) is 0 Å². The molecular formula is C18H23ClN2O2. The number of halogens is 1. The highest BCUT2D eigenvalue weighted by Crippen LogP contribution is 2.30. The molecule has 2 rings (SSSR count). The SMILES string of the molecule is CC/C=C\CCOC(=O)CCC1=CCc2ccccc21.Cl.N#N. The van der Waals surface area contributed by atoms with Gasteiger partial charge in [-0.05, 0) is 42.4 Å². The summed E-state index contributed by atoms with van der Waals surface area (Å²) in [7, 11) is 0. The van der Waals surface area contributed by atoms with Crippen LogP contribution < -0.4 is 0 Å². The van der Waals surface area contributed by atoms with Crippen LogP contribution in [0.3, 0.4) is 0 Å². The molecule has 0 saturated heterocycles. The molecule has 0 unspecified atom stereocenters. The topological polar surface area (TPSA) is 73.9 Å². The van der Waals surface area contributed by atoms with E-state index in [0.717, 1.165) is 25.7 Å². The van der Waals surface area contributed by atoms with Gasteiger partial charge in [-0.3, -0.25) is 4.79 Å². The number of fused-ring (bicyclic) bond motifs is 1. The molecule has 1 aliphatic carbocycles. The summed E-state index contributed by atoms with van der Waals surface area (Å²) in [5.74, 6) is -0.0971. The van der Waals surface area contributed by atoms with E-state index in [2.05, 4.69) is 49.4 Å². The van der Waals surface area contributed by atoms with Gasteiger partial charge in [0.2, 0.25) is 0 Å². The summed E-state index contributed by atoms with van der Waals surface area (Å²) in [6.45, 7) is 2.58. The van der Waals surface area contributed by atoms with Crippen molar-refractivity contribution in [2.75, 3.05) is 6.61 Å². The molecule has 0 aliphatic heterocycles. The molecule has 0 bridgehead atoms. The smallest absolute Gasteiger partial charge is 0.306 e. The minimum absolute atomic E-state index is 0. The van der Waals surface area contributed by atoms with Gasteiger partial charge in [-0.15, -0.1) is 12.4 Å². The van der Waals surface area contributed by atoms with Crippen LogP contribution in [-0.2, 0) is 16.0 Å². The molecule has 0 atom stereocenters. The third-order valence-corrected chi connectivity index (χ3v) is 3.48. The zero-order chi connectivity index (χ0) is 16.2. The number of hydrogen-bond donors (Lipinski definition) is 0. The van der Waals surface area contributed by atoms with Crippen molar-refractivity contribution in [1.82, 2.24) is 0 Å². The summed E-state index contributed by atoms with van der Waals surface area (Å²) in [4.78, 5) is 11.7. The molecule has 23 heavy (non-hydrogen) atoms. The summed E-state index contributed by atoms with van der Waals surface area (Å²) in [6, 6.07) is 8.40. The molecule has 124 valence electrons. The van der Waals surface area contributed by atoms with E-state index >= 15 is 0 Å². The zero-order valence-electron chi connectivity index (χ0n) is 13.4. The fourth-order valence-electron chi connectivity index (χ4n) is 2.43. The quantitative estimate of drug-likeness (QED) is 0.312. The second kappa shape index (κ2) is 12.4. The summed E-state index contributed by atoms with van der Waals surface area (Å²) in [5, 5.41) is 12.0. The monoisotopic (exact) mass is 334 g/mol. The molecule has 4 nitrogen and oxygen atoms in total. The molecule has 1 aliphatic rings. The number of hydrogen-bond acceptors (Lipinski definition) is 4. The first-order valence-corrected chi connectivity index (χ1v) is 7.59. The maximum Gasteiger partial charge on any atom is 0.306 e. The Hall–Kier alpha value is -2.12. The molecule has 0 spiro atoms. The maximum absolute atomic E-state index is 11.7. The Morgan fingerprint density at radius 2 is 2.00 bits per heavy atom. The summed E-state index contributed by atoms with van der Waals surface area (Å²) >= 11 is 0. The van der Waals surface area contributed by atoms with Crippen molar-refractivity contribution in [1.29, 1.82) is 10.8 Å². The Morgan fingerprint density at radius 3 is 2.74 bits per heavy atom. The number of ether oxygens (including phenoxy) is 1. The lowest BCUT2D eigenvalue weighted by molar-refractivity contribution is -0.143. The lowest BCUT2D eigenvalue weighted by atomic mass is 10.0. The van der Waals surface area contributed by atoms with E-state index in [1.807, 2.05) is 0 Å². The predicted octanol–water partition coefficient (Wildman–Crippen LogP) is 4.76. The van der Waals surface area contributed by atoms with Gasteiger partial charge in [0, 0.05) is 17.2 Å². The van der Waals surface area contributed by atoms with Gasteiger partial charge in [-0.1, -0.05) is 49.4 Å². The van der Waals surface area contributed by atoms with Crippen molar-refractivity contribution in [3.8, 4) is 0 Å². The minimum Gasteiger partial charge on any atom is -0.465 e. The molecule has 1 aromatic rings. The van der Waals surface area contributed by atoms with E-state index in [1.54, 1.807) is 0 Å². The molecule has 0 N–H and O–H groups in total. The van der Waals surface area contributed by atoms with Crippen LogP contribution in [0.1, 0.15) is 43.7 Å². The van der Waals surface area contributed by atoms with Crippen molar-refractivity contribution in [2.45, 2.75) is 39.0 Å². The van der Waals surface area contributed by atoms with Crippen LogP contribution in [0.5, 0.6) is 0 Å². The van der Waals surface area contributed by atoms with E-state index in [9.17, 15) is 4.79 Å². The van der Waals surface area contributed by atoms with Gasteiger partial charge in [-0.25, -0.2) is 0 Å². The Morgan fingerprint density at radius 1 is 1.26 bits per heavy atom. The van der Waals surface area contributed by atoms with Gasteiger partial charge in [0.25, 0.3) is 0 Å². The van der Waals surface area contributed by atoms with E-state index in [-0.39, 0.29) is 18.4 Å². The fraction of sp³-hybridized carbons (Fsp3) is 0.389. The number of benzene rings is 1. The van der Waals surface area contributed by atoms with Gasteiger partial charge >= 0.3 is 5.97 Å². The van der Waals surface area contributed by atoms with Crippen LogP contribution in [-0.4, -0.2) is 12.6 Å². The van der Waals surface area contributed by atoms with Crippen LogP contribution >= 0.6 is 12.4 Å². The van der Waals surface area contributed by atoms with E-state index in [0.29, 0.717) is 13.0 Å². The number of rotatable bonds is 7. The van der Waals surface area contributed by atoms with Crippen molar-refractivity contribution < 1.29 is 9.53 Å². The van der Waals surface area contributed by atoms with Crippen molar-refractivity contribution in [3.05, 3.63) is 53.6 Å². The van der Waals surface area contributed by atoms with Gasteiger partial charge in [0.1, 0.15) is 0 Å². The average molecular weight is 335 g/mol. The second-order valence-electron chi connectivity index (χ2n) is 4.98. The molecule has 0 fully saturated rings. The van der Waals surface area contributed by atoms with Crippen molar-refractivity contribution in [2.24, 2.45) is 0 Å². The summed E-state index contributed by atoms with van der Waals surface area (Å²) < 4.78 is 5.22. The molecule has 0 saturated carbocycles. The fourth-order valence-corrected chi connectivity index (χ4v) is 2.43.